The van der Waals surface area contributed by atoms with Crippen LogP contribution >= 0.6 is 0 Å². The van der Waals surface area contributed by atoms with Crippen molar-refractivity contribution in [3.8, 4) is 0 Å². The normalized spacial score (nSPS) is 45.3. The average Bonchev–Trinajstić information content (AvgIpc) is 3.52. The van der Waals surface area contributed by atoms with Gasteiger partial charge in [0, 0.05) is 0 Å². The van der Waals surface area contributed by atoms with Crippen molar-refractivity contribution in [1.29, 1.82) is 0 Å². The number of rotatable bonds is 1. The minimum absolute atomic E-state index is 0.535. The summed E-state index contributed by atoms with van der Waals surface area (Å²) in [5.41, 5.74) is 7.60. The molecule has 0 nitrogen and oxygen atoms in total. The van der Waals surface area contributed by atoms with Crippen LogP contribution in [-0.2, 0) is 0 Å². The Morgan fingerprint density at radius 3 is 2.26 bits per heavy atom. The molecule has 0 bridgehead atoms. The third kappa shape index (κ3) is 2.93. The van der Waals surface area contributed by atoms with Gasteiger partial charge in [-0.3, -0.25) is 0 Å². The molecule has 4 saturated carbocycles. The highest BCUT2D eigenvalue weighted by atomic mass is 14.6. The summed E-state index contributed by atoms with van der Waals surface area (Å²) in [6.07, 6.45) is 31.2. The molecule has 4 fully saturated rings. The molecular formula is C31H40. The molecule has 0 heterocycles. The topological polar surface area (TPSA) is 0 Å². The first kappa shape index (κ1) is 20.1. The van der Waals surface area contributed by atoms with Gasteiger partial charge in [0.1, 0.15) is 0 Å². The van der Waals surface area contributed by atoms with E-state index >= 15 is 0 Å². The third-order valence-corrected chi connectivity index (χ3v) is 11.2. The molecule has 0 amide bonds. The molecule has 0 spiro atoms. The van der Waals surface area contributed by atoms with E-state index in [1.54, 1.807) is 11.1 Å². The van der Waals surface area contributed by atoms with Crippen LogP contribution in [0.25, 0.3) is 0 Å². The standard InChI is InChI=1S/C31H40/c1-21(22-8-4-5-9-22)27-14-15-28-26-13-12-25-20-24(23-10-6-7-11-23)16-18-30(25,2)29(26)17-19-31(27,28)3/h4-11,25-29H,12-20H2,1-3H3/t25?,26-,27+,28-,29-,30-,31+/m0/s1. The molecule has 0 N–H and O–H groups in total. The van der Waals surface area contributed by atoms with Crippen LogP contribution in [0.2, 0.25) is 0 Å². The minimum atomic E-state index is 0.535. The highest BCUT2D eigenvalue weighted by Gasteiger charge is 2.60. The van der Waals surface area contributed by atoms with Crippen molar-refractivity contribution in [1.82, 2.24) is 0 Å². The summed E-state index contributed by atoms with van der Waals surface area (Å²) in [6.45, 7) is 7.85. The van der Waals surface area contributed by atoms with Gasteiger partial charge in [-0.15, -0.1) is 0 Å². The van der Waals surface area contributed by atoms with Crippen LogP contribution in [-0.4, -0.2) is 0 Å². The minimum Gasteiger partial charge on any atom is -0.0627 e. The van der Waals surface area contributed by atoms with Crippen LogP contribution in [0.5, 0.6) is 0 Å². The summed E-state index contributed by atoms with van der Waals surface area (Å²) in [7, 11) is 0. The molecule has 0 aromatic carbocycles. The first-order valence-corrected chi connectivity index (χ1v) is 13.1. The molecule has 0 saturated heterocycles. The Balaban J connectivity index is 1.26. The average molecular weight is 413 g/mol. The third-order valence-electron chi connectivity index (χ3n) is 11.2. The quantitative estimate of drug-likeness (QED) is 0.405. The Kier molecular flexibility index (Phi) is 4.68. The summed E-state index contributed by atoms with van der Waals surface area (Å²) in [6, 6.07) is 0. The molecule has 7 atom stereocenters. The van der Waals surface area contributed by atoms with Crippen LogP contribution in [0.15, 0.2) is 70.9 Å². The molecule has 6 rings (SSSR count). The molecule has 0 aromatic heterocycles. The molecule has 0 heteroatoms. The van der Waals surface area contributed by atoms with Gasteiger partial charge in [-0.25, -0.2) is 0 Å². The van der Waals surface area contributed by atoms with Crippen molar-refractivity contribution in [2.75, 3.05) is 0 Å². The Hall–Kier alpha value is -1.56. The van der Waals surface area contributed by atoms with Crippen LogP contribution < -0.4 is 0 Å². The zero-order valence-electron chi connectivity index (χ0n) is 19.9. The fourth-order valence-corrected chi connectivity index (χ4v) is 9.50. The predicted molar refractivity (Wildman–Crippen MR) is 132 cm³/mol. The van der Waals surface area contributed by atoms with E-state index in [2.05, 4.69) is 69.4 Å². The van der Waals surface area contributed by atoms with E-state index in [1.807, 2.05) is 0 Å². The maximum absolute atomic E-state index is 2.71. The van der Waals surface area contributed by atoms with Crippen molar-refractivity contribution in [2.24, 2.45) is 40.4 Å². The van der Waals surface area contributed by atoms with Crippen LogP contribution in [0.1, 0.15) is 78.6 Å². The molecule has 0 aromatic rings. The smallest absolute Gasteiger partial charge is 0.0140 e. The molecular weight excluding hydrogens is 372 g/mol. The van der Waals surface area contributed by atoms with Crippen LogP contribution in [0.4, 0.5) is 0 Å². The van der Waals surface area contributed by atoms with E-state index in [-0.39, 0.29) is 0 Å². The molecule has 0 radical (unpaired) electrons. The zero-order valence-corrected chi connectivity index (χ0v) is 19.9. The van der Waals surface area contributed by atoms with Crippen LogP contribution in [0, 0.1) is 40.4 Å². The maximum atomic E-state index is 2.71. The Bertz CT molecular complexity index is 921. The summed E-state index contributed by atoms with van der Waals surface area (Å²) in [5.74, 6) is 4.64. The van der Waals surface area contributed by atoms with Gasteiger partial charge < -0.3 is 0 Å². The summed E-state index contributed by atoms with van der Waals surface area (Å²) >= 11 is 0. The Labute approximate surface area is 190 Å². The fraction of sp³-hybridized carbons (Fsp3) is 0.613. The first-order valence-electron chi connectivity index (χ1n) is 13.1. The summed E-state index contributed by atoms with van der Waals surface area (Å²) < 4.78 is 0. The monoisotopic (exact) mass is 412 g/mol. The summed E-state index contributed by atoms with van der Waals surface area (Å²) in [5, 5.41) is 0. The van der Waals surface area contributed by atoms with Crippen molar-refractivity contribution < 1.29 is 0 Å². The highest BCUT2D eigenvalue weighted by Crippen LogP contribution is 2.68. The van der Waals surface area contributed by atoms with Crippen molar-refractivity contribution in [2.45, 2.75) is 78.6 Å². The van der Waals surface area contributed by atoms with Gasteiger partial charge >= 0.3 is 0 Å². The van der Waals surface area contributed by atoms with Gasteiger partial charge in [0.15, 0.2) is 0 Å². The SMILES string of the molecule is CC(=C1C=CC=C1)[C@H]1CC[C@H]2[C@@H]3CCC4CC(=C5C=CC=C5)CC[C@]4(C)[C@H]3CC[C@]12C. The lowest BCUT2D eigenvalue weighted by Crippen LogP contribution is -2.53. The molecule has 0 aliphatic heterocycles. The first-order chi connectivity index (χ1) is 15.0. The lowest BCUT2D eigenvalue weighted by atomic mass is 9.44. The van der Waals surface area contributed by atoms with E-state index in [0.717, 1.165) is 29.6 Å². The van der Waals surface area contributed by atoms with E-state index in [1.165, 1.54) is 68.9 Å². The Morgan fingerprint density at radius 2 is 1.48 bits per heavy atom. The van der Waals surface area contributed by atoms with E-state index in [4.69, 9.17) is 0 Å². The largest absolute Gasteiger partial charge is 0.0627 e. The van der Waals surface area contributed by atoms with Gasteiger partial charge in [0.2, 0.25) is 0 Å². The number of hydrogen-bond acceptors (Lipinski definition) is 0. The lowest BCUT2D eigenvalue weighted by molar-refractivity contribution is -0.102. The van der Waals surface area contributed by atoms with Crippen molar-refractivity contribution in [3.05, 3.63) is 70.9 Å². The molecule has 6 aliphatic carbocycles. The van der Waals surface area contributed by atoms with Crippen LogP contribution in [0.3, 0.4) is 0 Å². The number of hydrogen-bond donors (Lipinski definition) is 0. The lowest BCUT2D eigenvalue weighted by Gasteiger charge is -2.61. The zero-order chi connectivity index (χ0) is 21.2. The molecule has 164 valence electrons. The van der Waals surface area contributed by atoms with E-state index in [9.17, 15) is 0 Å². The molecule has 6 aliphatic rings. The van der Waals surface area contributed by atoms with Gasteiger partial charge in [-0.2, -0.15) is 0 Å². The summed E-state index contributed by atoms with van der Waals surface area (Å²) in [4.78, 5) is 0. The van der Waals surface area contributed by atoms with Gasteiger partial charge in [-0.1, -0.05) is 73.6 Å². The molecule has 31 heavy (non-hydrogen) atoms. The van der Waals surface area contributed by atoms with Crippen molar-refractivity contribution >= 4 is 0 Å². The highest BCUT2D eigenvalue weighted by molar-refractivity contribution is 5.45. The fourth-order valence-electron chi connectivity index (χ4n) is 9.50. The maximum Gasteiger partial charge on any atom is -0.0140 e. The van der Waals surface area contributed by atoms with Gasteiger partial charge in [-0.05, 0) is 116 Å². The Morgan fingerprint density at radius 1 is 0.774 bits per heavy atom. The van der Waals surface area contributed by atoms with E-state index < -0.39 is 0 Å². The molecule has 1 unspecified atom stereocenters. The van der Waals surface area contributed by atoms with Crippen molar-refractivity contribution in [3.63, 3.8) is 0 Å². The van der Waals surface area contributed by atoms with Gasteiger partial charge in [0.05, 0.1) is 0 Å². The number of allylic oxidation sites excluding steroid dienone is 12. The second-order valence-corrected chi connectivity index (χ2v) is 12.2. The second kappa shape index (κ2) is 7.23. The predicted octanol–water partition coefficient (Wildman–Crippen LogP) is 8.51. The van der Waals surface area contributed by atoms with E-state index in [0.29, 0.717) is 10.8 Å². The second-order valence-electron chi connectivity index (χ2n) is 12.2. The van der Waals surface area contributed by atoms with Gasteiger partial charge in [0.25, 0.3) is 0 Å². The number of fused-ring (bicyclic) bond motifs is 5.